The zero-order valence-electron chi connectivity index (χ0n) is 16.5. The Morgan fingerprint density at radius 2 is 1.80 bits per heavy atom. The van der Waals surface area contributed by atoms with Gasteiger partial charge in [-0.15, -0.1) is 0 Å². The van der Waals surface area contributed by atoms with Crippen molar-refractivity contribution in [1.29, 1.82) is 0 Å². The summed E-state index contributed by atoms with van der Waals surface area (Å²) >= 11 is 0. The molecule has 4 aromatic rings. The van der Waals surface area contributed by atoms with Crippen LogP contribution >= 0.6 is 0 Å². The van der Waals surface area contributed by atoms with Crippen molar-refractivity contribution in [2.24, 2.45) is 0 Å². The highest BCUT2D eigenvalue weighted by molar-refractivity contribution is 6.07. The third kappa shape index (κ3) is 3.43. The fourth-order valence-corrected chi connectivity index (χ4v) is 3.31. The van der Waals surface area contributed by atoms with Gasteiger partial charge in [-0.2, -0.15) is 4.98 Å². The minimum absolute atomic E-state index is 0.0520. The van der Waals surface area contributed by atoms with E-state index in [9.17, 15) is 9.59 Å². The molecule has 0 saturated heterocycles. The lowest BCUT2D eigenvalue weighted by Crippen LogP contribution is -2.10. The number of ether oxygens (including phenoxy) is 2. The molecule has 152 valence electrons. The number of rotatable bonds is 5. The van der Waals surface area contributed by atoms with Gasteiger partial charge in [0.05, 0.1) is 17.6 Å². The second-order valence-electron chi connectivity index (χ2n) is 6.56. The molecular weight excluding hydrogens is 386 g/mol. The van der Waals surface area contributed by atoms with Crippen LogP contribution in [0.4, 0.5) is 5.82 Å². The number of fused-ring (bicyclic) bond motifs is 2. The number of carbonyl (C=O) groups excluding carboxylic acids is 2. The number of esters is 2. The van der Waals surface area contributed by atoms with Gasteiger partial charge in [0.25, 0.3) is 0 Å². The quantitative estimate of drug-likeness (QED) is 0.498. The van der Waals surface area contributed by atoms with Gasteiger partial charge in [0, 0.05) is 0 Å². The molecule has 0 bridgehead atoms. The molecule has 0 spiro atoms. The molecule has 2 N–H and O–H groups in total. The number of nitrogen functional groups attached to an aromatic ring is 1. The Balaban J connectivity index is 1.60. The molecule has 2 heterocycles. The lowest BCUT2D eigenvalue weighted by Gasteiger charge is -2.07. The highest BCUT2D eigenvalue weighted by Gasteiger charge is 2.24. The summed E-state index contributed by atoms with van der Waals surface area (Å²) in [5.74, 6) is -0.515. The first-order valence-electron chi connectivity index (χ1n) is 9.37. The van der Waals surface area contributed by atoms with Crippen molar-refractivity contribution in [1.82, 2.24) is 9.97 Å². The van der Waals surface area contributed by atoms with Crippen LogP contribution < -0.4 is 5.73 Å². The van der Waals surface area contributed by atoms with E-state index >= 15 is 0 Å². The van der Waals surface area contributed by atoms with E-state index in [1.54, 1.807) is 26.0 Å². The number of aryl methyl sites for hydroxylation is 1. The molecule has 0 aliphatic rings. The topological polar surface area (TPSA) is 118 Å². The van der Waals surface area contributed by atoms with E-state index in [1.165, 1.54) is 0 Å². The van der Waals surface area contributed by atoms with Crippen molar-refractivity contribution >= 4 is 39.6 Å². The van der Waals surface area contributed by atoms with E-state index in [1.807, 2.05) is 30.3 Å². The van der Waals surface area contributed by atoms with Crippen LogP contribution in [0, 0.1) is 6.92 Å². The van der Waals surface area contributed by atoms with E-state index in [0.29, 0.717) is 11.3 Å². The number of carbonyl (C=O) groups is 2. The maximum absolute atomic E-state index is 12.6. The van der Waals surface area contributed by atoms with Gasteiger partial charge in [0.15, 0.2) is 12.4 Å². The smallest absolute Gasteiger partial charge is 0.342 e. The van der Waals surface area contributed by atoms with Crippen LogP contribution in [0.2, 0.25) is 0 Å². The lowest BCUT2D eigenvalue weighted by molar-refractivity contribution is 0.0463. The molecule has 2 aromatic heterocycles. The molecule has 0 radical (unpaired) electrons. The molecular formula is C22H19N3O5. The number of aromatic nitrogens is 2. The molecule has 0 fully saturated rings. The van der Waals surface area contributed by atoms with Gasteiger partial charge in [0.2, 0.25) is 5.71 Å². The maximum atomic E-state index is 12.6. The van der Waals surface area contributed by atoms with E-state index < -0.39 is 11.9 Å². The highest BCUT2D eigenvalue weighted by Crippen LogP contribution is 2.29. The van der Waals surface area contributed by atoms with Crippen molar-refractivity contribution in [3.63, 3.8) is 0 Å². The van der Waals surface area contributed by atoms with Gasteiger partial charge < -0.3 is 19.6 Å². The van der Waals surface area contributed by atoms with Crippen molar-refractivity contribution in [3.05, 3.63) is 65.2 Å². The van der Waals surface area contributed by atoms with Crippen molar-refractivity contribution in [2.75, 3.05) is 12.3 Å². The molecule has 0 aliphatic carbocycles. The summed E-state index contributed by atoms with van der Waals surface area (Å²) in [6, 6.07) is 13.0. The number of nitrogens with two attached hydrogens (primary N) is 1. The van der Waals surface area contributed by atoms with Crippen LogP contribution in [0.3, 0.4) is 0 Å². The number of hydrogen-bond acceptors (Lipinski definition) is 8. The summed E-state index contributed by atoms with van der Waals surface area (Å²) in [7, 11) is 0. The molecule has 8 nitrogen and oxygen atoms in total. The lowest BCUT2D eigenvalue weighted by atomic mass is 10.1. The number of benzene rings is 2. The normalized spacial score (nSPS) is 11.0. The second kappa shape index (κ2) is 7.82. The van der Waals surface area contributed by atoms with Gasteiger partial charge in [-0.25, -0.2) is 14.6 Å². The second-order valence-corrected chi connectivity index (χ2v) is 6.56. The monoisotopic (exact) mass is 405 g/mol. The summed E-state index contributed by atoms with van der Waals surface area (Å²) in [5.41, 5.74) is 6.82. The van der Waals surface area contributed by atoms with Crippen molar-refractivity contribution < 1.29 is 23.5 Å². The van der Waals surface area contributed by atoms with Gasteiger partial charge >= 0.3 is 11.9 Å². The predicted molar refractivity (Wildman–Crippen MR) is 110 cm³/mol. The Morgan fingerprint density at radius 1 is 1.03 bits per heavy atom. The number of furan rings is 1. The van der Waals surface area contributed by atoms with Gasteiger partial charge in [-0.3, -0.25) is 0 Å². The summed E-state index contributed by atoms with van der Waals surface area (Å²) in [6.45, 7) is 3.34. The Bertz CT molecular complexity index is 1270. The molecule has 2 aromatic carbocycles. The first-order valence-corrected chi connectivity index (χ1v) is 9.37. The first kappa shape index (κ1) is 19.4. The van der Waals surface area contributed by atoms with Gasteiger partial charge in [-0.05, 0) is 30.7 Å². The van der Waals surface area contributed by atoms with Crippen molar-refractivity contribution in [3.8, 4) is 0 Å². The standard InChI is InChI=1S/C22H19N3O5/c1-3-28-22(27)17-12(2)30-20-18(17)19(23)24-16(25-20)11-29-21(26)15-10-6-8-13-7-4-5-9-14(13)15/h4-10H,3,11H2,1-2H3,(H2,23,24,25). The van der Waals surface area contributed by atoms with Crippen molar-refractivity contribution in [2.45, 2.75) is 20.5 Å². The average molecular weight is 405 g/mol. The van der Waals surface area contributed by atoms with E-state index in [4.69, 9.17) is 19.6 Å². The minimum Gasteiger partial charge on any atom is -0.462 e. The zero-order chi connectivity index (χ0) is 21.3. The van der Waals surface area contributed by atoms with E-state index in [2.05, 4.69) is 9.97 Å². The number of anilines is 1. The third-order valence-corrected chi connectivity index (χ3v) is 4.62. The molecule has 0 atom stereocenters. The van der Waals surface area contributed by atoms with Crippen LogP contribution in [0.15, 0.2) is 46.9 Å². The fraction of sp³-hybridized carbons (Fsp3) is 0.182. The summed E-state index contributed by atoms with van der Waals surface area (Å²) < 4.78 is 16.0. The molecule has 30 heavy (non-hydrogen) atoms. The zero-order valence-corrected chi connectivity index (χ0v) is 16.5. The van der Waals surface area contributed by atoms with E-state index in [0.717, 1.165) is 10.8 Å². The van der Waals surface area contributed by atoms with Crippen LogP contribution in [0.1, 0.15) is 39.2 Å². The highest BCUT2D eigenvalue weighted by atomic mass is 16.5. The van der Waals surface area contributed by atoms with Crippen LogP contribution in [0.25, 0.3) is 21.9 Å². The third-order valence-electron chi connectivity index (χ3n) is 4.62. The SMILES string of the molecule is CCOC(=O)c1c(C)oc2nc(COC(=O)c3cccc4ccccc34)nc(N)c12. The molecule has 0 unspecified atom stereocenters. The molecule has 0 saturated carbocycles. The Hall–Kier alpha value is -3.94. The van der Waals surface area contributed by atoms with Gasteiger partial charge in [0.1, 0.15) is 17.1 Å². The van der Waals surface area contributed by atoms with Crippen LogP contribution in [0.5, 0.6) is 0 Å². The van der Waals surface area contributed by atoms with Gasteiger partial charge in [-0.1, -0.05) is 36.4 Å². The van der Waals surface area contributed by atoms with Crippen LogP contribution in [-0.2, 0) is 16.1 Å². The minimum atomic E-state index is -0.556. The summed E-state index contributed by atoms with van der Waals surface area (Å²) in [5, 5.41) is 2.02. The predicted octanol–water partition coefficient (Wildman–Crippen LogP) is 3.80. The Kier molecular flexibility index (Phi) is 5.05. The Labute approximate surface area is 171 Å². The maximum Gasteiger partial charge on any atom is 0.342 e. The molecule has 0 amide bonds. The average Bonchev–Trinajstić information content (AvgIpc) is 3.08. The molecule has 8 heteroatoms. The number of nitrogens with zero attached hydrogens (tertiary/aromatic N) is 2. The van der Waals surface area contributed by atoms with E-state index in [-0.39, 0.29) is 41.5 Å². The largest absolute Gasteiger partial charge is 0.462 e. The molecule has 4 rings (SSSR count). The van der Waals surface area contributed by atoms with Crippen LogP contribution in [-0.4, -0.2) is 28.5 Å². The summed E-state index contributed by atoms with van der Waals surface area (Å²) in [6.07, 6.45) is 0. The summed E-state index contributed by atoms with van der Waals surface area (Å²) in [4.78, 5) is 33.2. The Morgan fingerprint density at radius 3 is 2.60 bits per heavy atom. The number of hydrogen-bond donors (Lipinski definition) is 1. The molecule has 0 aliphatic heterocycles. The first-order chi connectivity index (χ1) is 14.5. The fourth-order valence-electron chi connectivity index (χ4n) is 3.31.